The Labute approximate surface area is 246 Å². The van der Waals surface area contributed by atoms with E-state index in [2.05, 4.69) is 28.4 Å². The van der Waals surface area contributed by atoms with Gasteiger partial charge in [-0.1, -0.05) is 30.3 Å². The van der Waals surface area contributed by atoms with Crippen molar-refractivity contribution in [2.75, 3.05) is 25.1 Å². The molecule has 0 spiro atoms. The molecule has 1 unspecified atom stereocenters. The molecule has 0 saturated carbocycles. The van der Waals surface area contributed by atoms with Crippen molar-refractivity contribution in [3.8, 4) is 16.9 Å². The van der Waals surface area contributed by atoms with E-state index in [1.54, 1.807) is 13.2 Å². The predicted molar refractivity (Wildman–Crippen MR) is 163 cm³/mol. The Morgan fingerprint density at radius 1 is 1.05 bits per heavy atom. The molecule has 8 heteroatoms. The lowest BCUT2D eigenvalue weighted by atomic mass is 9.92. The predicted octanol–water partition coefficient (Wildman–Crippen LogP) is 7.11. The topological polar surface area (TPSA) is 90.2 Å². The summed E-state index contributed by atoms with van der Waals surface area (Å²) in [6, 6.07) is 18.1. The zero-order valence-electron chi connectivity index (χ0n) is 25.1. The van der Waals surface area contributed by atoms with Crippen molar-refractivity contribution < 1.29 is 28.2 Å². The van der Waals surface area contributed by atoms with Gasteiger partial charge < -0.3 is 28.8 Å². The monoisotopic (exact) mass is 570 g/mol. The number of fused-ring (bicyclic) bond motifs is 2. The minimum absolute atomic E-state index is 0.146. The number of nitrogens with zero attached hydrogens (tertiary/aromatic N) is 1. The van der Waals surface area contributed by atoms with E-state index in [4.69, 9.17) is 18.6 Å². The zero-order valence-corrected chi connectivity index (χ0v) is 25.1. The van der Waals surface area contributed by atoms with Crippen molar-refractivity contribution in [3.63, 3.8) is 0 Å². The second-order valence-electron chi connectivity index (χ2n) is 11.6. The fourth-order valence-electron chi connectivity index (χ4n) is 5.35. The number of para-hydroxylation sites is 1. The fraction of sp³-hybridized carbons (Fsp3) is 0.353. The molecule has 5 rings (SSSR count). The zero-order chi connectivity index (χ0) is 30.0. The number of carbonyl (C=O) groups excluding carboxylic acids is 2. The molecule has 1 aliphatic rings. The van der Waals surface area contributed by atoms with E-state index in [1.165, 1.54) is 0 Å². The molecule has 4 aromatic rings. The van der Waals surface area contributed by atoms with Gasteiger partial charge in [0.25, 0.3) is 0 Å². The highest BCUT2D eigenvalue weighted by Gasteiger charge is 2.29. The van der Waals surface area contributed by atoms with Gasteiger partial charge in [-0.05, 0) is 81.1 Å². The summed E-state index contributed by atoms with van der Waals surface area (Å²) in [5, 5.41) is 3.84. The van der Waals surface area contributed by atoms with Gasteiger partial charge >= 0.3 is 12.1 Å². The van der Waals surface area contributed by atoms with Crippen LogP contribution in [0, 0.1) is 6.92 Å². The summed E-state index contributed by atoms with van der Waals surface area (Å²) in [6.07, 6.45) is 1.11. The molecule has 42 heavy (non-hydrogen) atoms. The molecular weight excluding hydrogens is 532 g/mol. The Morgan fingerprint density at radius 3 is 2.57 bits per heavy atom. The minimum atomic E-state index is -0.568. The van der Waals surface area contributed by atoms with Crippen molar-refractivity contribution in [2.24, 2.45) is 0 Å². The Kier molecular flexibility index (Phi) is 8.16. The Balaban J connectivity index is 1.48. The molecule has 0 fully saturated rings. The highest BCUT2D eigenvalue weighted by molar-refractivity contribution is 5.94. The average Bonchev–Trinajstić information content (AvgIpc) is 3.41. The molecule has 1 atom stereocenters. The number of hydrogen-bond acceptors (Lipinski definition) is 7. The van der Waals surface area contributed by atoms with E-state index in [-0.39, 0.29) is 18.5 Å². The third-order valence-electron chi connectivity index (χ3n) is 7.33. The number of ether oxygens (including phenoxy) is 3. The van der Waals surface area contributed by atoms with Gasteiger partial charge in [0.1, 0.15) is 23.0 Å². The number of anilines is 1. The van der Waals surface area contributed by atoms with Crippen LogP contribution in [0.5, 0.6) is 5.75 Å². The molecule has 0 saturated heterocycles. The van der Waals surface area contributed by atoms with Crippen molar-refractivity contribution in [1.29, 1.82) is 0 Å². The highest BCUT2D eigenvalue weighted by Crippen LogP contribution is 2.42. The standard InChI is InChI=1S/C34H38N2O6/c1-7-39-30(37)18-22-10-9-13-28-32(22)41-29(20-36(28)6)25-16-23-14-15-40-31(23)27(17-25)26-12-8-11-24(21(26)2)19-35-33(38)42-34(3,4)5/h8-17,29H,7,18-20H2,1-6H3,(H,35,38). The van der Waals surface area contributed by atoms with Crippen LogP contribution in [0.25, 0.3) is 22.1 Å². The quantitative estimate of drug-likeness (QED) is 0.237. The minimum Gasteiger partial charge on any atom is -0.481 e. The second kappa shape index (κ2) is 11.8. The fourth-order valence-corrected chi connectivity index (χ4v) is 5.35. The molecule has 2 heterocycles. The number of rotatable bonds is 7. The second-order valence-corrected chi connectivity index (χ2v) is 11.6. The molecule has 3 aromatic carbocycles. The molecule has 220 valence electrons. The molecule has 0 radical (unpaired) electrons. The van der Waals surface area contributed by atoms with Crippen molar-refractivity contribution >= 4 is 28.7 Å². The van der Waals surface area contributed by atoms with E-state index in [9.17, 15) is 9.59 Å². The van der Waals surface area contributed by atoms with E-state index in [0.717, 1.165) is 50.0 Å². The van der Waals surface area contributed by atoms with Gasteiger partial charge in [0.15, 0.2) is 0 Å². The lowest BCUT2D eigenvalue weighted by molar-refractivity contribution is -0.142. The summed E-state index contributed by atoms with van der Waals surface area (Å²) in [4.78, 5) is 26.8. The molecule has 1 aromatic heterocycles. The number of nitrogens with one attached hydrogen (secondary N) is 1. The molecule has 1 amide bonds. The number of esters is 1. The maximum atomic E-state index is 12.3. The number of hydrogen-bond donors (Lipinski definition) is 1. The summed E-state index contributed by atoms with van der Waals surface area (Å²) in [5.41, 5.74) is 6.93. The van der Waals surface area contributed by atoms with Crippen LogP contribution in [0.1, 0.15) is 56.1 Å². The van der Waals surface area contributed by atoms with Gasteiger partial charge in [0.05, 0.1) is 31.5 Å². The highest BCUT2D eigenvalue weighted by atomic mass is 16.6. The number of benzene rings is 3. The van der Waals surface area contributed by atoms with Crippen LogP contribution in [0.3, 0.4) is 0 Å². The first kappa shape index (κ1) is 29.0. The number of carbonyl (C=O) groups is 2. The third-order valence-corrected chi connectivity index (χ3v) is 7.33. The first-order valence-corrected chi connectivity index (χ1v) is 14.3. The molecule has 1 N–H and O–H groups in total. The third kappa shape index (κ3) is 6.22. The average molecular weight is 571 g/mol. The summed E-state index contributed by atoms with van der Waals surface area (Å²) >= 11 is 0. The number of likely N-dealkylation sites (N-methyl/N-ethyl adjacent to an activating group) is 1. The lowest BCUT2D eigenvalue weighted by Crippen LogP contribution is -2.32. The van der Waals surface area contributed by atoms with Crippen LogP contribution in [0.15, 0.2) is 65.3 Å². The smallest absolute Gasteiger partial charge is 0.407 e. The van der Waals surface area contributed by atoms with E-state index < -0.39 is 11.7 Å². The summed E-state index contributed by atoms with van der Waals surface area (Å²) < 4.78 is 23.2. The van der Waals surface area contributed by atoms with Crippen LogP contribution in [0.2, 0.25) is 0 Å². The van der Waals surface area contributed by atoms with Crippen molar-refractivity contribution in [2.45, 2.75) is 59.3 Å². The Bertz CT molecular complexity index is 1620. The van der Waals surface area contributed by atoms with Crippen LogP contribution < -0.4 is 15.0 Å². The molecule has 8 nitrogen and oxygen atoms in total. The van der Waals surface area contributed by atoms with E-state index >= 15 is 0 Å². The first-order chi connectivity index (χ1) is 20.0. The van der Waals surface area contributed by atoms with Gasteiger partial charge in [-0.3, -0.25) is 4.79 Å². The number of alkyl carbamates (subject to hydrolysis) is 1. The number of amides is 1. The summed E-state index contributed by atoms with van der Waals surface area (Å²) in [7, 11) is 2.03. The van der Waals surface area contributed by atoms with Gasteiger partial charge in [-0.25, -0.2) is 4.79 Å². The van der Waals surface area contributed by atoms with Crippen LogP contribution in [0.4, 0.5) is 10.5 Å². The van der Waals surface area contributed by atoms with Gasteiger partial charge in [0.2, 0.25) is 0 Å². The molecule has 0 aliphatic carbocycles. The molecule has 0 bridgehead atoms. The van der Waals surface area contributed by atoms with Crippen LogP contribution in [-0.4, -0.2) is 37.9 Å². The summed E-state index contributed by atoms with van der Waals surface area (Å²) in [5.74, 6) is 0.419. The van der Waals surface area contributed by atoms with Gasteiger partial charge in [0, 0.05) is 30.1 Å². The molecule has 1 aliphatic heterocycles. The Hall–Kier alpha value is -4.46. The maximum Gasteiger partial charge on any atom is 0.407 e. The maximum absolute atomic E-state index is 12.3. The van der Waals surface area contributed by atoms with E-state index in [1.807, 2.05) is 71.1 Å². The number of furan rings is 1. The SMILES string of the molecule is CCOC(=O)Cc1cccc2c1OC(c1cc(-c3cccc(CNC(=O)OC(C)(C)C)c3C)c3occc3c1)CN2C. The van der Waals surface area contributed by atoms with Crippen LogP contribution >= 0.6 is 0 Å². The van der Waals surface area contributed by atoms with Gasteiger partial charge in [-0.2, -0.15) is 0 Å². The Morgan fingerprint density at radius 2 is 1.81 bits per heavy atom. The van der Waals surface area contributed by atoms with Crippen LogP contribution in [-0.2, 0) is 27.2 Å². The first-order valence-electron chi connectivity index (χ1n) is 14.3. The van der Waals surface area contributed by atoms with Crippen molar-refractivity contribution in [1.82, 2.24) is 5.32 Å². The van der Waals surface area contributed by atoms with E-state index in [0.29, 0.717) is 25.4 Å². The van der Waals surface area contributed by atoms with Crippen molar-refractivity contribution in [3.05, 3.63) is 83.1 Å². The van der Waals surface area contributed by atoms with Gasteiger partial charge in [-0.15, -0.1) is 0 Å². The lowest BCUT2D eigenvalue weighted by Gasteiger charge is -2.35. The normalized spacial score (nSPS) is 14.7. The molecular formula is C34H38N2O6. The summed E-state index contributed by atoms with van der Waals surface area (Å²) in [6.45, 7) is 10.7. The largest absolute Gasteiger partial charge is 0.481 e.